The summed E-state index contributed by atoms with van der Waals surface area (Å²) in [7, 11) is 0. The van der Waals surface area contributed by atoms with Gasteiger partial charge >= 0.3 is 17.8 Å². The topological polar surface area (TPSA) is 134 Å². The minimum atomic E-state index is -2.84. The number of hydrogen-bond donors (Lipinski definition) is 2. The fourth-order valence-corrected chi connectivity index (χ4v) is 0.573. The van der Waals surface area contributed by atoms with Crippen LogP contribution in [-0.2, 0) is 4.79 Å². The molecule has 0 aliphatic carbocycles. The molecule has 0 aromatic heterocycles. The Labute approximate surface area is 64.2 Å². The van der Waals surface area contributed by atoms with Crippen LogP contribution >= 0.6 is 0 Å². The Bertz CT molecular complexity index is 281. The second kappa shape index (κ2) is 2.22. The third-order valence-electron chi connectivity index (χ3n) is 1.13. The van der Waals surface area contributed by atoms with Crippen LogP contribution in [0.15, 0.2) is 10.2 Å². The van der Waals surface area contributed by atoms with Gasteiger partial charge < -0.3 is 5.11 Å². The molecule has 64 valence electrons. The SMILES string of the molecule is O=C1N=NC(C(=O)O)([N+](=O)[O-])N1. The van der Waals surface area contributed by atoms with Gasteiger partial charge in [-0.2, -0.15) is 0 Å². The van der Waals surface area contributed by atoms with Crippen molar-refractivity contribution < 1.29 is 19.6 Å². The zero-order chi connectivity index (χ0) is 9.35. The van der Waals surface area contributed by atoms with E-state index in [0.717, 1.165) is 0 Å². The highest BCUT2D eigenvalue weighted by atomic mass is 16.6. The van der Waals surface area contributed by atoms with E-state index in [4.69, 9.17) is 5.11 Å². The van der Waals surface area contributed by atoms with Gasteiger partial charge in [0.1, 0.15) is 0 Å². The van der Waals surface area contributed by atoms with E-state index in [1.807, 2.05) is 0 Å². The highest BCUT2D eigenvalue weighted by Crippen LogP contribution is 2.14. The van der Waals surface area contributed by atoms with E-state index in [0.29, 0.717) is 0 Å². The number of nitrogens with zero attached hydrogens (tertiary/aromatic N) is 3. The second-order valence-corrected chi connectivity index (χ2v) is 1.86. The van der Waals surface area contributed by atoms with Gasteiger partial charge in [0.05, 0.1) is 4.92 Å². The van der Waals surface area contributed by atoms with E-state index in [1.165, 1.54) is 5.32 Å². The summed E-state index contributed by atoms with van der Waals surface area (Å²) in [5, 5.41) is 25.4. The van der Waals surface area contributed by atoms with E-state index in [9.17, 15) is 19.7 Å². The molecule has 1 rings (SSSR count). The van der Waals surface area contributed by atoms with Gasteiger partial charge in [-0.3, -0.25) is 10.1 Å². The van der Waals surface area contributed by atoms with Crippen LogP contribution in [0.1, 0.15) is 0 Å². The van der Waals surface area contributed by atoms with Gasteiger partial charge in [0, 0.05) is 0 Å². The van der Waals surface area contributed by atoms with Gasteiger partial charge in [-0.05, 0) is 0 Å². The molecule has 0 radical (unpaired) electrons. The molecule has 1 aliphatic rings. The Kier molecular flexibility index (Phi) is 1.49. The molecule has 0 spiro atoms. The summed E-state index contributed by atoms with van der Waals surface area (Å²) in [5.41, 5.74) is 0. The molecule has 0 saturated carbocycles. The average Bonchev–Trinajstić information content (AvgIpc) is 2.32. The maximum absolute atomic E-state index is 10.3. The van der Waals surface area contributed by atoms with Crippen molar-refractivity contribution in [2.45, 2.75) is 5.79 Å². The number of amides is 2. The van der Waals surface area contributed by atoms with Crippen molar-refractivity contribution in [2.75, 3.05) is 0 Å². The van der Waals surface area contributed by atoms with Crippen molar-refractivity contribution in [1.82, 2.24) is 5.32 Å². The van der Waals surface area contributed by atoms with Gasteiger partial charge in [0.2, 0.25) is 0 Å². The molecule has 2 amide bonds. The highest BCUT2D eigenvalue weighted by Gasteiger charge is 2.58. The normalized spacial score (nSPS) is 26.8. The summed E-state index contributed by atoms with van der Waals surface area (Å²) >= 11 is 0. The lowest BCUT2D eigenvalue weighted by atomic mass is 10.4. The maximum Gasteiger partial charge on any atom is 0.511 e. The predicted octanol–water partition coefficient (Wildman–Crippen LogP) is -0.823. The van der Waals surface area contributed by atoms with Crippen molar-refractivity contribution in [2.24, 2.45) is 10.2 Å². The lowest BCUT2D eigenvalue weighted by Gasteiger charge is -2.08. The molecule has 12 heavy (non-hydrogen) atoms. The largest absolute Gasteiger partial charge is 0.511 e. The third kappa shape index (κ3) is 0.872. The molecule has 0 bridgehead atoms. The minimum Gasteiger partial charge on any atom is -0.473 e. The van der Waals surface area contributed by atoms with Crippen LogP contribution in [0.4, 0.5) is 4.79 Å². The second-order valence-electron chi connectivity index (χ2n) is 1.86. The van der Waals surface area contributed by atoms with Crippen molar-refractivity contribution in [1.29, 1.82) is 0 Å². The highest BCUT2D eigenvalue weighted by molar-refractivity contribution is 5.86. The van der Waals surface area contributed by atoms with E-state index in [1.54, 1.807) is 0 Å². The first-order valence-electron chi connectivity index (χ1n) is 2.62. The summed E-state index contributed by atoms with van der Waals surface area (Å²) in [6, 6.07) is -1.14. The molecule has 0 saturated heterocycles. The summed E-state index contributed by atoms with van der Waals surface area (Å²) in [5.74, 6) is -4.72. The maximum atomic E-state index is 10.3. The molecule has 1 unspecified atom stereocenters. The number of azo groups is 1. The summed E-state index contributed by atoms with van der Waals surface area (Å²) in [4.78, 5) is 29.5. The van der Waals surface area contributed by atoms with Gasteiger partial charge in [0.25, 0.3) is 0 Å². The molecule has 0 aromatic carbocycles. The van der Waals surface area contributed by atoms with Gasteiger partial charge in [-0.1, -0.05) is 10.2 Å². The number of carboxylic acids is 1. The molecule has 9 nitrogen and oxygen atoms in total. The molecule has 9 heteroatoms. The lowest BCUT2D eigenvalue weighted by molar-refractivity contribution is -0.557. The molecule has 1 atom stereocenters. The molecule has 0 fully saturated rings. The van der Waals surface area contributed by atoms with E-state index < -0.39 is 22.7 Å². The molecule has 2 N–H and O–H groups in total. The number of urea groups is 1. The smallest absolute Gasteiger partial charge is 0.473 e. The predicted molar refractivity (Wildman–Crippen MR) is 30.7 cm³/mol. The zero-order valence-corrected chi connectivity index (χ0v) is 5.42. The van der Waals surface area contributed by atoms with Crippen LogP contribution in [0.3, 0.4) is 0 Å². The third-order valence-corrected chi connectivity index (χ3v) is 1.13. The van der Waals surface area contributed by atoms with E-state index in [-0.39, 0.29) is 0 Å². The number of carboxylic acid groups (broad SMARTS) is 1. The Balaban J connectivity index is 3.07. The van der Waals surface area contributed by atoms with E-state index >= 15 is 0 Å². The number of carbonyl (C=O) groups excluding carboxylic acids is 1. The summed E-state index contributed by atoms with van der Waals surface area (Å²) < 4.78 is 0. The number of nitrogens with one attached hydrogen (secondary N) is 1. The van der Waals surface area contributed by atoms with Crippen molar-refractivity contribution in [3.63, 3.8) is 0 Å². The van der Waals surface area contributed by atoms with Crippen LogP contribution in [0.2, 0.25) is 0 Å². The van der Waals surface area contributed by atoms with Crippen LogP contribution in [0.5, 0.6) is 0 Å². The number of aliphatic carboxylic acids is 1. The Hall–Kier alpha value is -2.06. The first-order valence-corrected chi connectivity index (χ1v) is 2.62. The van der Waals surface area contributed by atoms with Crippen molar-refractivity contribution >= 4 is 12.0 Å². The first kappa shape index (κ1) is 8.04. The minimum absolute atomic E-state index is 1.14. The molecule has 1 aliphatic heterocycles. The lowest BCUT2D eigenvalue weighted by Crippen LogP contribution is -2.54. The van der Waals surface area contributed by atoms with Crippen molar-refractivity contribution in [3.05, 3.63) is 10.1 Å². The van der Waals surface area contributed by atoms with Crippen LogP contribution in [0.25, 0.3) is 0 Å². The molecule has 0 aromatic rings. The van der Waals surface area contributed by atoms with Crippen molar-refractivity contribution in [3.8, 4) is 0 Å². The standard InChI is InChI=1S/C3H2N4O5/c8-1(9)3(7(11)12)4-2(10)5-6-3/h(H,4,10)(H,8,9). The number of rotatable bonds is 2. The van der Waals surface area contributed by atoms with Crippen LogP contribution in [0, 0.1) is 10.1 Å². The average molecular weight is 174 g/mol. The molecule has 1 heterocycles. The summed E-state index contributed by atoms with van der Waals surface area (Å²) in [6.07, 6.45) is 0. The Morgan fingerprint density at radius 3 is 2.50 bits per heavy atom. The van der Waals surface area contributed by atoms with Gasteiger partial charge in [-0.25, -0.2) is 14.9 Å². The molecular formula is C3H2N4O5. The van der Waals surface area contributed by atoms with E-state index in [2.05, 4.69) is 10.2 Å². The van der Waals surface area contributed by atoms with Crippen LogP contribution < -0.4 is 5.32 Å². The zero-order valence-electron chi connectivity index (χ0n) is 5.42. The molecular weight excluding hydrogens is 172 g/mol. The Morgan fingerprint density at radius 1 is 1.75 bits per heavy atom. The number of carbonyl (C=O) groups is 2. The van der Waals surface area contributed by atoms with Gasteiger partial charge in [0.15, 0.2) is 0 Å². The fraction of sp³-hybridized carbons (Fsp3) is 0.333. The summed E-state index contributed by atoms with van der Waals surface area (Å²) in [6.45, 7) is 0. The quantitative estimate of drug-likeness (QED) is 0.416. The number of nitro groups is 1. The monoisotopic (exact) mass is 174 g/mol. The first-order chi connectivity index (χ1) is 5.49. The fourth-order valence-electron chi connectivity index (χ4n) is 0.573. The van der Waals surface area contributed by atoms with Crippen LogP contribution in [-0.4, -0.2) is 27.8 Å². The van der Waals surface area contributed by atoms with Gasteiger partial charge in [-0.15, -0.1) is 0 Å². The Morgan fingerprint density at radius 2 is 2.33 bits per heavy atom. The number of hydrogen-bond acceptors (Lipinski definition) is 5.